The normalized spacial score (nSPS) is 18.0. The summed E-state index contributed by atoms with van der Waals surface area (Å²) in [5, 5.41) is 0. The predicted octanol–water partition coefficient (Wildman–Crippen LogP) is 2.62. The van der Waals surface area contributed by atoms with Crippen LogP contribution < -0.4 is 9.06 Å². The molecule has 0 amide bonds. The van der Waals surface area contributed by atoms with Gasteiger partial charge in [0.15, 0.2) is 0 Å². The lowest BCUT2D eigenvalue weighted by Gasteiger charge is -2.06. The van der Waals surface area contributed by atoms with Crippen molar-refractivity contribution in [2.75, 3.05) is 0 Å². The van der Waals surface area contributed by atoms with Crippen LogP contribution in [0.5, 0.6) is 0 Å². The summed E-state index contributed by atoms with van der Waals surface area (Å²) in [5.74, 6) is 0. The van der Waals surface area contributed by atoms with Gasteiger partial charge < -0.3 is 0 Å². The van der Waals surface area contributed by atoms with Crippen LogP contribution in [-0.4, -0.2) is 0 Å². The summed E-state index contributed by atoms with van der Waals surface area (Å²) >= 11 is 1.98. The lowest BCUT2D eigenvalue weighted by atomic mass is 9.98. The Labute approximate surface area is 94.0 Å². The molecule has 0 atom stereocenters. The summed E-state index contributed by atoms with van der Waals surface area (Å²) in [7, 11) is 0. The molecule has 0 saturated carbocycles. The fraction of sp³-hybridized carbons (Fsp3) is 0.286. The zero-order valence-corrected chi connectivity index (χ0v) is 9.95. The maximum absolute atomic E-state index is 2.31. The van der Waals surface area contributed by atoms with Gasteiger partial charge in [0.25, 0.3) is 0 Å². The summed E-state index contributed by atoms with van der Waals surface area (Å²) in [6, 6.07) is 0. The Balaban J connectivity index is 2.49. The van der Waals surface area contributed by atoms with Crippen LogP contribution in [0.25, 0.3) is 17.2 Å². The van der Waals surface area contributed by atoms with E-state index in [0.717, 1.165) is 12.8 Å². The first kappa shape index (κ1) is 9.17. The first-order valence-corrected chi connectivity index (χ1v) is 6.24. The van der Waals surface area contributed by atoms with Crippen LogP contribution in [0.1, 0.15) is 31.4 Å². The van der Waals surface area contributed by atoms with Crippen LogP contribution in [0, 0.1) is 0 Å². The molecule has 0 saturated heterocycles. The molecule has 0 unspecified atom stereocenters. The van der Waals surface area contributed by atoms with E-state index in [1.807, 2.05) is 11.3 Å². The number of hydrogen-bond donors (Lipinski definition) is 0. The van der Waals surface area contributed by atoms with Crippen molar-refractivity contribution in [3.8, 4) is 0 Å². The van der Waals surface area contributed by atoms with Crippen molar-refractivity contribution in [1.82, 2.24) is 0 Å². The molecule has 0 N–H and O–H groups in total. The smallest absolute Gasteiger partial charge is 0.0347 e. The summed E-state index contributed by atoms with van der Waals surface area (Å²) in [6.07, 6.45) is 11.4. The van der Waals surface area contributed by atoms with E-state index in [1.165, 1.54) is 25.8 Å². The third-order valence-corrected chi connectivity index (χ3v) is 4.74. The monoisotopic (exact) mass is 214 g/mol. The lowest BCUT2D eigenvalue weighted by Crippen LogP contribution is -2.09. The van der Waals surface area contributed by atoms with E-state index in [-0.39, 0.29) is 0 Å². The van der Waals surface area contributed by atoms with Crippen molar-refractivity contribution in [1.29, 1.82) is 0 Å². The number of rotatable bonds is 0. The van der Waals surface area contributed by atoms with E-state index in [9.17, 15) is 0 Å². The fourth-order valence-electron chi connectivity index (χ4n) is 2.37. The third-order valence-electron chi connectivity index (χ3n) is 3.19. The zero-order chi connectivity index (χ0) is 10.4. The number of fused-ring (bicyclic) bond motifs is 3. The van der Waals surface area contributed by atoms with Gasteiger partial charge in [-0.15, -0.1) is 11.3 Å². The van der Waals surface area contributed by atoms with Gasteiger partial charge in [-0.2, -0.15) is 0 Å². The van der Waals surface area contributed by atoms with Gasteiger partial charge >= 0.3 is 0 Å². The third kappa shape index (κ3) is 1.26. The Kier molecular flexibility index (Phi) is 1.96. The van der Waals surface area contributed by atoms with Crippen LogP contribution in [-0.2, 0) is 6.42 Å². The Morgan fingerprint density at radius 3 is 2.67 bits per heavy atom. The molecule has 0 fully saturated rings. The summed E-state index contributed by atoms with van der Waals surface area (Å²) in [6.45, 7) is 4.47. The molecule has 0 spiro atoms. The number of thiophene rings is 1. The average Bonchev–Trinajstić information content (AvgIpc) is 2.60. The molecule has 0 radical (unpaired) electrons. The van der Waals surface area contributed by atoms with Crippen LogP contribution in [0.15, 0.2) is 18.2 Å². The Morgan fingerprint density at radius 1 is 1.00 bits per heavy atom. The van der Waals surface area contributed by atoms with Crippen molar-refractivity contribution in [2.24, 2.45) is 0 Å². The van der Waals surface area contributed by atoms with Gasteiger partial charge in [-0.25, -0.2) is 0 Å². The van der Waals surface area contributed by atoms with Crippen LogP contribution in [0.3, 0.4) is 0 Å². The van der Waals surface area contributed by atoms with E-state index in [1.54, 1.807) is 5.56 Å². The molecule has 1 aromatic heterocycles. The van der Waals surface area contributed by atoms with Gasteiger partial charge in [0.05, 0.1) is 0 Å². The van der Waals surface area contributed by atoms with E-state index < -0.39 is 0 Å². The minimum atomic E-state index is 1.11. The highest BCUT2D eigenvalue weighted by Crippen LogP contribution is 2.19. The van der Waals surface area contributed by atoms with Gasteiger partial charge in [-0.05, 0) is 43.4 Å². The van der Waals surface area contributed by atoms with E-state index in [4.69, 9.17) is 0 Å². The molecule has 0 nitrogen and oxygen atoms in total. The van der Waals surface area contributed by atoms with E-state index in [0.29, 0.717) is 0 Å². The van der Waals surface area contributed by atoms with Crippen LogP contribution >= 0.6 is 11.3 Å². The van der Waals surface area contributed by atoms with E-state index >= 15 is 0 Å². The molecule has 1 aromatic rings. The summed E-state index contributed by atoms with van der Waals surface area (Å²) in [5.41, 5.74) is 5.99. The fourth-order valence-corrected chi connectivity index (χ4v) is 3.68. The molecular formula is C14H14S. The van der Waals surface area contributed by atoms with Gasteiger partial charge in [0.1, 0.15) is 0 Å². The topological polar surface area (TPSA) is 0 Å². The first-order valence-electron chi connectivity index (χ1n) is 5.43. The van der Waals surface area contributed by atoms with Crippen LogP contribution in [0.4, 0.5) is 0 Å². The molecule has 1 heterocycles. The second kappa shape index (κ2) is 3.21. The van der Waals surface area contributed by atoms with Gasteiger partial charge in [-0.3, -0.25) is 0 Å². The first-order chi connectivity index (χ1) is 7.27. The molecule has 2 aliphatic rings. The summed E-state index contributed by atoms with van der Waals surface area (Å²) in [4.78, 5) is 0. The van der Waals surface area contributed by atoms with Crippen molar-refractivity contribution >= 4 is 28.6 Å². The Bertz CT molecular complexity index is 594. The Morgan fingerprint density at radius 2 is 1.80 bits per heavy atom. The minimum Gasteiger partial charge on any atom is -0.135 e. The maximum atomic E-state index is 2.31. The van der Waals surface area contributed by atoms with Gasteiger partial charge in [0, 0.05) is 9.06 Å². The van der Waals surface area contributed by atoms with Gasteiger partial charge in [-0.1, -0.05) is 29.9 Å². The Hall–Kier alpha value is -1.08. The highest BCUT2D eigenvalue weighted by Gasteiger charge is 2.13. The SMILES string of the molecule is CC1=c2sc3c(c2C=CC1)CC=CC=3C. The standard InChI is InChI=1S/C14H14S/c1-9-5-3-7-11-12-8-4-6-10(2)14(12)15-13(9)11/h3-5,8H,6-7H2,1-2H3. The zero-order valence-electron chi connectivity index (χ0n) is 9.13. The summed E-state index contributed by atoms with van der Waals surface area (Å²) < 4.78 is 3.03. The van der Waals surface area contributed by atoms with Crippen molar-refractivity contribution in [3.63, 3.8) is 0 Å². The number of allylic oxidation sites excluding steroid dienone is 3. The maximum Gasteiger partial charge on any atom is 0.0347 e. The molecular weight excluding hydrogens is 200 g/mol. The van der Waals surface area contributed by atoms with Crippen molar-refractivity contribution in [3.05, 3.63) is 38.4 Å². The molecule has 76 valence electrons. The predicted molar refractivity (Wildman–Crippen MR) is 68.2 cm³/mol. The molecule has 0 aliphatic heterocycles. The van der Waals surface area contributed by atoms with Crippen molar-refractivity contribution < 1.29 is 0 Å². The minimum absolute atomic E-state index is 1.11. The average molecular weight is 214 g/mol. The second-order valence-electron chi connectivity index (χ2n) is 4.33. The molecule has 3 rings (SSSR count). The second-order valence-corrected chi connectivity index (χ2v) is 5.35. The molecule has 2 aliphatic carbocycles. The van der Waals surface area contributed by atoms with Crippen molar-refractivity contribution in [2.45, 2.75) is 26.7 Å². The molecule has 15 heavy (non-hydrogen) atoms. The number of hydrogen-bond acceptors (Lipinski definition) is 1. The largest absolute Gasteiger partial charge is 0.135 e. The molecule has 0 aromatic carbocycles. The van der Waals surface area contributed by atoms with Gasteiger partial charge in [0.2, 0.25) is 0 Å². The lowest BCUT2D eigenvalue weighted by molar-refractivity contribution is 1.22. The quantitative estimate of drug-likeness (QED) is 0.623. The van der Waals surface area contributed by atoms with Crippen LogP contribution in [0.2, 0.25) is 0 Å². The van der Waals surface area contributed by atoms with E-state index in [2.05, 4.69) is 38.2 Å². The highest BCUT2D eigenvalue weighted by molar-refractivity contribution is 7.08. The molecule has 1 heteroatoms. The molecule has 0 bridgehead atoms. The highest BCUT2D eigenvalue weighted by atomic mass is 32.1.